The summed E-state index contributed by atoms with van der Waals surface area (Å²) in [6.45, 7) is 1.29. The Bertz CT molecular complexity index is 1160. The summed E-state index contributed by atoms with van der Waals surface area (Å²) in [6, 6.07) is 24.8. The number of primary amides is 1. The SMILES string of the molecule is NC(=O)CN(Cc1ccc(OCc2ccccc2)cc1)C(=O)Cc1ccc(N2CCCC2=O)cc1. The maximum Gasteiger partial charge on any atom is 0.237 e. The van der Waals surface area contributed by atoms with Crippen LogP contribution in [0.2, 0.25) is 0 Å². The van der Waals surface area contributed by atoms with Crippen LogP contribution in [0.3, 0.4) is 0 Å². The van der Waals surface area contributed by atoms with Gasteiger partial charge in [-0.1, -0.05) is 54.6 Å². The van der Waals surface area contributed by atoms with Gasteiger partial charge < -0.3 is 20.3 Å². The Balaban J connectivity index is 1.36. The average Bonchev–Trinajstić information content (AvgIpc) is 3.30. The third-order valence-corrected chi connectivity index (χ3v) is 5.92. The molecule has 7 nitrogen and oxygen atoms in total. The predicted octanol–water partition coefficient (Wildman–Crippen LogP) is 3.45. The van der Waals surface area contributed by atoms with Crippen LogP contribution < -0.4 is 15.4 Å². The van der Waals surface area contributed by atoms with Gasteiger partial charge in [-0.3, -0.25) is 14.4 Å². The highest BCUT2D eigenvalue weighted by Crippen LogP contribution is 2.22. The van der Waals surface area contributed by atoms with E-state index in [0.717, 1.165) is 41.1 Å². The van der Waals surface area contributed by atoms with Crippen LogP contribution in [0.15, 0.2) is 78.9 Å². The average molecular weight is 472 g/mol. The summed E-state index contributed by atoms with van der Waals surface area (Å²) in [7, 11) is 0. The second kappa shape index (κ2) is 11.3. The number of carbonyl (C=O) groups excluding carboxylic acids is 3. The molecule has 0 spiro atoms. The normalized spacial score (nSPS) is 13.0. The van der Waals surface area contributed by atoms with E-state index in [4.69, 9.17) is 10.5 Å². The summed E-state index contributed by atoms with van der Waals surface area (Å²) >= 11 is 0. The lowest BCUT2D eigenvalue weighted by molar-refractivity contribution is -0.135. The number of nitrogens with two attached hydrogens (primary N) is 1. The van der Waals surface area contributed by atoms with E-state index in [1.54, 1.807) is 4.90 Å². The summed E-state index contributed by atoms with van der Waals surface area (Å²) in [6.07, 6.45) is 1.57. The van der Waals surface area contributed by atoms with Crippen LogP contribution in [0.5, 0.6) is 5.75 Å². The molecule has 0 saturated carbocycles. The Hall–Kier alpha value is -4.13. The number of hydrogen-bond donors (Lipinski definition) is 1. The van der Waals surface area contributed by atoms with Crippen molar-refractivity contribution in [2.75, 3.05) is 18.0 Å². The van der Waals surface area contributed by atoms with Crippen LogP contribution in [-0.4, -0.2) is 35.7 Å². The number of nitrogens with zero attached hydrogens (tertiary/aromatic N) is 2. The van der Waals surface area contributed by atoms with Crippen molar-refractivity contribution < 1.29 is 19.1 Å². The fraction of sp³-hybridized carbons (Fsp3) is 0.250. The van der Waals surface area contributed by atoms with E-state index in [-0.39, 0.29) is 31.3 Å². The highest BCUT2D eigenvalue weighted by atomic mass is 16.5. The van der Waals surface area contributed by atoms with E-state index in [1.807, 2.05) is 78.9 Å². The van der Waals surface area contributed by atoms with Crippen molar-refractivity contribution in [1.82, 2.24) is 4.90 Å². The van der Waals surface area contributed by atoms with Gasteiger partial charge in [0.25, 0.3) is 0 Å². The Labute approximate surface area is 205 Å². The largest absolute Gasteiger partial charge is 0.489 e. The van der Waals surface area contributed by atoms with E-state index in [0.29, 0.717) is 13.0 Å². The van der Waals surface area contributed by atoms with E-state index < -0.39 is 5.91 Å². The standard InChI is InChI=1S/C28H29N3O4/c29-26(32)19-30(18-22-10-14-25(15-11-22)35-20-23-5-2-1-3-6-23)28(34)17-21-8-12-24(13-9-21)31-16-4-7-27(31)33/h1-3,5-6,8-15H,4,7,16-20H2,(H2,29,32). The number of hydrogen-bond acceptors (Lipinski definition) is 4. The highest BCUT2D eigenvalue weighted by Gasteiger charge is 2.22. The Morgan fingerprint density at radius 2 is 1.57 bits per heavy atom. The fourth-order valence-electron chi connectivity index (χ4n) is 4.07. The minimum Gasteiger partial charge on any atom is -0.489 e. The summed E-state index contributed by atoms with van der Waals surface area (Å²) in [5.41, 5.74) is 9.01. The van der Waals surface area contributed by atoms with Crippen molar-refractivity contribution in [1.29, 1.82) is 0 Å². The maximum absolute atomic E-state index is 13.0. The lowest BCUT2D eigenvalue weighted by Crippen LogP contribution is -2.38. The van der Waals surface area contributed by atoms with Crippen LogP contribution in [-0.2, 0) is 34.0 Å². The molecule has 35 heavy (non-hydrogen) atoms. The molecule has 0 atom stereocenters. The van der Waals surface area contributed by atoms with E-state index in [9.17, 15) is 14.4 Å². The molecule has 0 bridgehead atoms. The first-order valence-corrected chi connectivity index (χ1v) is 11.7. The van der Waals surface area contributed by atoms with Crippen molar-refractivity contribution in [3.8, 4) is 5.75 Å². The zero-order chi connectivity index (χ0) is 24.6. The molecule has 7 heteroatoms. The summed E-state index contributed by atoms with van der Waals surface area (Å²) in [4.78, 5) is 39.8. The maximum atomic E-state index is 13.0. The van der Waals surface area contributed by atoms with Gasteiger partial charge in [0.15, 0.2) is 0 Å². The molecule has 0 radical (unpaired) electrons. The lowest BCUT2D eigenvalue weighted by Gasteiger charge is -2.22. The molecule has 3 aromatic carbocycles. The Morgan fingerprint density at radius 3 is 2.20 bits per heavy atom. The molecular formula is C28H29N3O4. The summed E-state index contributed by atoms with van der Waals surface area (Å²) in [5.74, 6) is 0.0853. The van der Waals surface area contributed by atoms with Crippen LogP contribution in [0.1, 0.15) is 29.5 Å². The predicted molar refractivity (Wildman–Crippen MR) is 134 cm³/mol. The van der Waals surface area contributed by atoms with Crippen molar-refractivity contribution in [2.45, 2.75) is 32.4 Å². The minimum atomic E-state index is -0.566. The van der Waals surface area contributed by atoms with Gasteiger partial charge in [-0.25, -0.2) is 0 Å². The van der Waals surface area contributed by atoms with Gasteiger partial charge in [0, 0.05) is 25.2 Å². The number of anilines is 1. The van der Waals surface area contributed by atoms with Crippen molar-refractivity contribution in [3.05, 3.63) is 95.6 Å². The first kappa shape index (κ1) is 24.0. The smallest absolute Gasteiger partial charge is 0.237 e. The van der Waals surface area contributed by atoms with Gasteiger partial charge in [0.2, 0.25) is 17.7 Å². The zero-order valence-electron chi connectivity index (χ0n) is 19.6. The minimum absolute atomic E-state index is 0.123. The number of rotatable bonds is 10. The van der Waals surface area contributed by atoms with Crippen molar-refractivity contribution >= 4 is 23.4 Å². The Kier molecular flexibility index (Phi) is 7.77. The molecule has 4 rings (SSSR count). The molecular weight excluding hydrogens is 442 g/mol. The van der Waals surface area contributed by atoms with Crippen LogP contribution in [0, 0.1) is 0 Å². The van der Waals surface area contributed by atoms with E-state index >= 15 is 0 Å². The van der Waals surface area contributed by atoms with Gasteiger partial charge in [-0.05, 0) is 47.4 Å². The van der Waals surface area contributed by atoms with Gasteiger partial charge in [-0.15, -0.1) is 0 Å². The van der Waals surface area contributed by atoms with Gasteiger partial charge in [0.05, 0.1) is 13.0 Å². The molecule has 3 amide bonds. The molecule has 1 heterocycles. The second-order valence-electron chi connectivity index (χ2n) is 8.63. The number of ether oxygens (including phenoxy) is 1. The molecule has 2 N–H and O–H groups in total. The zero-order valence-corrected chi connectivity index (χ0v) is 19.6. The third-order valence-electron chi connectivity index (χ3n) is 5.92. The number of carbonyl (C=O) groups is 3. The molecule has 1 aliphatic rings. The fourth-order valence-corrected chi connectivity index (χ4v) is 4.07. The topological polar surface area (TPSA) is 92.9 Å². The first-order chi connectivity index (χ1) is 17.0. The molecule has 0 aliphatic carbocycles. The molecule has 3 aromatic rings. The van der Waals surface area contributed by atoms with Crippen molar-refractivity contribution in [3.63, 3.8) is 0 Å². The molecule has 180 valence electrons. The van der Waals surface area contributed by atoms with Crippen LogP contribution in [0.25, 0.3) is 0 Å². The Morgan fingerprint density at radius 1 is 0.886 bits per heavy atom. The second-order valence-corrected chi connectivity index (χ2v) is 8.63. The summed E-state index contributed by atoms with van der Waals surface area (Å²) < 4.78 is 5.82. The first-order valence-electron chi connectivity index (χ1n) is 11.7. The molecule has 1 saturated heterocycles. The van der Waals surface area contributed by atoms with Crippen molar-refractivity contribution in [2.24, 2.45) is 5.73 Å². The monoisotopic (exact) mass is 471 g/mol. The number of benzene rings is 3. The van der Waals surface area contributed by atoms with Gasteiger partial charge in [-0.2, -0.15) is 0 Å². The van der Waals surface area contributed by atoms with Crippen LogP contribution >= 0.6 is 0 Å². The van der Waals surface area contributed by atoms with Gasteiger partial charge >= 0.3 is 0 Å². The summed E-state index contributed by atoms with van der Waals surface area (Å²) in [5, 5.41) is 0. The van der Waals surface area contributed by atoms with Gasteiger partial charge in [0.1, 0.15) is 12.4 Å². The lowest BCUT2D eigenvalue weighted by atomic mass is 10.1. The number of amides is 3. The quantitative estimate of drug-likeness (QED) is 0.490. The van der Waals surface area contributed by atoms with Crippen LogP contribution in [0.4, 0.5) is 5.69 Å². The molecule has 1 fully saturated rings. The van der Waals surface area contributed by atoms with E-state index in [2.05, 4.69) is 0 Å². The van der Waals surface area contributed by atoms with E-state index in [1.165, 1.54) is 4.90 Å². The molecule has 1 aliphatic heterocycles. The highest BCUT2D eigenvalue weighted by molar-refractivity contribution is 5.95. The molecule has 0 unspecified atom stereocenters. The third kappa shape index (κ3) is 6.69. The molecule has 0 aromatic heterocycles.